The zero-order valence-electron chi connectivity index (χ0n) is 11.3. The van der Waals surface area contributed by atoms with E-state index in [9.17, 15) is 0 Å². The summed E-state index contributed by atoms with van der Waals surface area (Å²) < 4.78 is 5.68. The van der Waals surface area contributed by atoms with E-state index in [2.05, 4.69) is 41.5 Å². The first-order valence-electron chi connectivity index (χ1n) is 6.61. The van der Waals surface area contributed by atoms with E-state index in [1.807, 2.05) is 12.1 Å². The zero-order valence-corrected chi connectivity index (χ0v) is 12.2. The minimum atomic E-state index is 0.595. The fraction of sp³-hybridized carbons (Fsp3) is 0.429. The van der Waals surface area contributed by atoms with E-state index in [0.717, 1.165) is 36.7 Å². The smallest absolute Gasteiger partial charge is 0.299 e. The lowest BCUT2D eigenvalue weighted by molar-refractivity contribution is 0.472. The molecule has 102 valence electrons. The number of rotatable bonds is 7. The second kappa shape index (κ2) is 7.21. The number of aromatic nitrogens is 2. The molecule has 0 saturated heterocycles. The van der Waals surface area contributed by atoms with Gasteiger partial charge in [-0.15, -0.1) is 5.10 Å². The molecule has 1 heterocycles. The van der Waals surface area contributed by atoms with E-state index in [-0.39, 0.29) is 0 Å². The molecule has 0 spiro atoms. The van der Waals surface area contributed by atoms with Crippen molar-refractivity contribution in [3.8, 4) is 10.9 Å². The minimum absolute atomic E-state index is 0.595. The molecular formula is C14H19N3OS. The third-order valence-corrected chi connectivity index (χ3v) is 3.49. The Morgan fingerprint density at radius 1 is 1.16 bits per heavy atom. The first kappa shape index (κ1) is 14.0. The topological polar surface area (TPSA) is 47.0 Å². The van der Waals surface area contributed by atoms with E-state index in [1.54, 1.807) is 0 Å². The van der Waals surface area contributed by atoms with Crippen molar-refractivity contribution in [1.82, 2.24) is 15.5 Å². The summed E-state index contributed by atoms with van der Waals surface area (Å²) in [6.07, 6.45) is 2.15. The third-order valence-electron chi connectivity index (χ3n) is 2.69. The number of ether oxygens (including phenoxy) is 1. The van der Waals surface area contributed by atoms with Crippen molar-refractivity contribution in [2.75, 3.05) is 6.54 Å². The van der Waals surface area contributed by atoms with Crippen molar-refractivity contribution in [2.24, 2.45) is 0 Å². The van der Waals surface area contributed by atoms with Gasteiger partial charge in [-0.3, -0.25) is 0 Å². The molecule has 0 atom stereocenters. The molecule has 19 heavy (non-hydrogen) atoms. The second-order valence-corrected chi connectivity index (χ2v) is 5.26. The van der Waals surface area contributed by atoms with Crippen LogP contribution in [0.3, 0.4) is 0 Å². The molecule has 1 aromatic carbocycles. The average molecular weight is 277 g/mol. The molecule has 0 aliphatic heterocycles. The fourth-order valence-electron chi connectivity index (χ4n) is 1.62. The van der Waals surface area contributed by atoms with Gasteiger partial charge in [0, 0.05) is 6.54 Å². The molecule has 0 bridgehead atoms. The van der Waals surface area contributed by atoms with Crippen LogP contribution in [0.5, 0.6) is 10.9 Å². The lowest BCUT2D eigenvalue weighted by Crippen LogP contribution is -2.13. The molecule has 0 fully saturated rings. The Labute approximate surface area is 117 Å². The van der Waals surface area contributed by atoms with Crippen LogP contribution in [0.1, 0.15) is 30.8 Å². The summed E-state index contributed by atoms with van der Waals surface area (Å²) in [5.74, 6) is 0.807. The van der Waals surface area contributed by atoms with Gasteiger partial charge in [-0.25, -0.2) is 0 Å². The summed E-state index contributed by atoms with van der Waals surface area (Å²) in [5.41, 5.74) is 1.30. The standard InChI is InChI=1S/C14H19N3OS/c1-3-9-15-10-13-16-17-14(19-13)18-12-7-5-11(4-2)6-8-12/h5-8,15H,3-4,9-10H2,1-2H3. The molecular weight excluding hydrogens is 258 g/mol. The van der Waals surface area contributed by atoms with Crippen LogP contribution in [0, 0.1) is 0 Å². The maximum Gasteiger partial charge on any atom is 0.299 e. The lowest BCUT2D eigenvalue weighted by Gasteiger charge is -2.01. The van der Waals surface area contributed by atoms with E-state index in [1.165, 1.54) is 16.9 Å². The van der Waals surface area contributed by atoms with Crippen molar-refractivity contribution in [1.29, 1.82) is 0 Å². The van der Waals surface area contributed by atoms with Crippen molar-refractivity contribution in [2.45, 2.75) is 33.2 Å². The molecule has 0 unspecified atom stereocenters. The van der Waals surface area contributed by atoms with Crippen molar-refractivity contribution in [3.05, 3.63) is 34.8 Å². The maximum atomic E-state index is 5.68. The molecule has 1 N–H and O–H groups in total. The maximum absolute atomic E-state index is 5.68. The summed E-state index contributed by atoms with van der Waals surface area (Å²) in [7, 11) is 0. The van der Waals surface area contributed by atoms with Crippen LogP contribution in [0.4, 0.5) is 0 Å². The van der Waals surface area contributed by atoms with Crippen LogP contribution >= 0.6 is 11.3 Å². The number of benzene rings is 1. The molecule has 1 aromatic heterocycles. The van der Waals surface area contributed by atoms with Gasteiger partial charge in [0.2, 0.25) is 0 Å². The molecule has 0 saturated carbocycles. The Hall–Kier alpha value is -1.46. The number of nitrogens with one attached hydrogen (secondary N) is 1. The Morgan fingerprint density at radius 2 is 1.95 bits per heavy atom. The van der Waals surface area contributed by atoms with Crippen LogP contribution in [-0.4, -0.2) is 16.7 Å². The first-order chi connectivity index (χ1) is 9.31. The summed E-state index contributed by atoms with van der Waals surface area (Å²) in [6.45, 7) is 6.02. The van der Waals surface area contributed by atoms with Crippen LogP contribution in [0.25, 0.3) is 0 Å². The summed E-state index contributed by atoms with van der Waals surface area (Å²) in [6, 6.07) is 8.07. The lowest BCUT2D eigenvalue weighted by atomic mass is 10.2. The zero-order chi connectivity index (χ0) is 13.5. The van der Waals surface area contributed by atoms with Crippen molar-refractivity contribution < 1.29 is 4.74 Å². The molecule has 0 aliphatic rings. The number of hydrogen-bond acceptors (Lipinski definition) is 5. The van der Waals surface area contributed by atoms with Gasteiger partial charge in [-0.05, 0) is 37.1 Å². The van der Waals surface area contributed by atoms with E-state index in [0.29, 0.717) is 5.19 Å². The highest BCUT2D eigenvalue weighted by molar-refractivity contribution is 7.13. The molecule has 2 rings (SSSR count). The molecule has 0 aliphatic carbocycles. The van der Waals surface area contributed by atoms with Crippen LogP contribution in [-0.2, 0) is 13.0 Å². The number of nitrogens with zero attached hydrogens (tertiary/aromatic N) is 2. The van der Waals surface area contributed by atoms with Crippen LogP contribution in [0.2, 0.25) is 0 Å². The highest BCUT2D eigenvalue weighted by Crippen LogP contribution is 2.25. The second-order valence-electron chi connectivity index (χ2n) is 4.24. The third kappa shape index (κ3) is 4.29. The van der Waals surface area contributed by atoms with E-state index >= 15 is 0 Å². The number of aryl methyl sites for hydroxylation is 1. The Morgan fingerprint density at radius 3 is 2.63 bits per heavy atom. The highest BCUT2D eigenvalue weighted by atomic mass is 32.1. The van der Waals surface area contributed by atoms with Gasteiger partial charge in [0.15, 0.2) is 0 Å². The Bertz CT molecular complexity index is 496. The van der Waals surface area contributed by atoms with Crippen LogP contribution < -0.4 is 10.1 Å². The van der Waals surface area contributed by atoms with Gasteiger partial charge in [0.05, 0.1) is 0 Å². The minimum Gasteiger partial charge on any atom is -0.430 e. The fourth-order valence-corrected chi connectivity index (χ4v) is 2.29. The van der Waals surface area contributed by atoms with Gasteiger partial charge < -0.3 is 10.1 Å². The van der Waals surface area contributed by atoms with Gasteiger partial charge in [0.1, 0.15) is 10.8 Å². The van der Waals surface area contributed by atoms with Crippen LogP contribution in [0.15, 0.2) is 24.3 Å². The Kier molecular flexibility index (Phi) is 5.30. The summed E-state index contributed by atoms with van der Waals surface area (Å²) in [5, 5.41) is 13.0. The SMILES string of the molecule is CCCNCc1nnc(Oc2ccc(CC)cc2)s1. The van der Waals surface area contributed by atoms with E-state index < -0.39 is 0 Å². The highest BCUT2D eigenvalue weighted by Gasteiger charge is 2.05. The molecule has 0 amide bonds. The van der Waals surface area contributed by atoms with Crippen molar-refractivity contribution in [3.63, 3.8) is 0 Å². The largest absolute Gasteiger partial charge is 0.430 e. The molecule has 0 radical (unpaired) electrons. The predicted octanol–water partition coefficient (Wildman–Crippen LogP) is 3.39. The van der Waals surface area contributed by atoms with Crippen molar-refractivity contribution >= 4 is 11.3 Å². The van der Waals surface area contributed by atoms with E-state index in [4.69, 9.17) is 4.74 Å². The number of hydrogen-bond donors (Lipinski definition) is 1. The van der Waals surface area contributed by atoms with Gasteiger partial charge in [0.25, 0.3) is 5.19 Å². The average Bonchev–Trinajstić information content (AvgIpc) is 2.88. The predicted molar refractivity (Wildman–Crippen MR) is 77.8 cm³/mol. The Balaban J connectivity index is 1.91. The monoisotopic (exact) mass is 277 g/mol. The normalized spacial score (nSPS) is 10.6. The summed E-state index contributed by atoms with van der Waals surface area (Å²) >= 11 is 1.48. The summed E-state index contributed by atoms with van der Waals surface area (Å²) in [4.78, 5) is 0. The molecule has 2 aromatic rings. The van der Waals surface area contributed by atoms with Gasteiger partial charge >= 0.3 is 0 Å². The van der Waals surface area contributed by atoms with Gasteiger partial charge in [-0.1, -0.05) is 42.4 Å². The molecule has 5 heteroatoms. The quantitative estimate of drug-likeness (QED) is 0.788. The van der Waals surface area contributed by atoms with Gasteiger partial charge in [-0.2, -0.15) is 0 Å². The first-order valence-corrected chi connectivity index (χ1v) is 7.43. The molecule has 4 nitrogen and oxygen atoms in total.